The molecular formula is C16H11FN4S4. The Balaban J connectivity index is 1.36. The average Bonchev–Trinajstić information content (AvgIpc) is 3.36. The van der Waals surface area contributed by atoms with Gasteiger partial charge in [-0.1, -0.05) is 23.1 Å². The zero-order valence-electron chi connectivity index (χ0n) is 12.7. The van der Waals surface area contributed by atoms with Crippen molar-refractivity contribution in [2.45, 2.75) is 10.1 Å². The van der Waals surface area contributed by atoms with Crippen molar-refractivity contribution in [1.82, 2.24) is 15.2 Å². The fourth-order valence-electron chi connectivity index (χ4n) is 2.00. The van der Waals surface area contributed by atoms with Gasteiger partial charge in [0.25, 0.3) is 0 Å². The van der Waals surface area contributed by atoms with E-state index in [4.69, 9.17) is 0 Å². The van der Waals surface area contributed by atoms with Crippen molar-refractivity contribution in [3.05, 3.63) is 58.0 Å². The molecule has 0 bridgehead atoms. The number of aromatic nitrogens is 3. The van der Waals surface area contributed by atoms with E-state index in [1.165, 1.54) is 29.0 Å². The molecule has 126 valence electrons. The second kappa shape index (κ2) is 7.61. The zero-order chi connectivity index (χ0) is 17.1. The smallest absolute Gasteiger partial charge is 0.210 e. The normalized spacial score (nSPS) is 10.9. The van der Waals surface area contributed by atoms with E-state index in [0.29, 0.717) is 5.13 Å². The summed E-state index contributed by atoms with van der Waals surface area (Å²) in [6.45, 7) is 0. The van der Waals surface area contributed by atoms with Crippen molar-refractivity contribution in [2.24, 2.45) is 0 Å². The van der Waals surface area contributed by atoms with Crippen molar-refractivity contribution in [3.63, 3.8) is 0 Å². The zero-order valence-corrected chi connectivity index (χ0v) is 15.9. The maximum atomic E-state index is 12.9. The maximum absolute atomic E-state index is 12.9. The molecule has 4 nitrogen and oxygen atoms in total. The third-order valence-electron chi connectivity index (χ3n) is 3.17. The van der Waals surface area contributed by atoms with E-state index >= 15 is 0 Å². The summed E-state index contributed by atoms with van der Waals surface area (Å²) in [5.41, 5.74) is 3.00. The van der Waals surface area contributed by atoms with Crippen molar-refractivity contribution >= 4 is 56.6 Å². The summed E-state index contributed by atoms with van der Waals surface area (Å²) in [7, 11) is 0. The van der Waals surface area contributed by atoms with Gasteiger partial charge in [0.1, 0.15) is 10.8 Å². The Morgan fingerprint density at radius 1 is 1.08 bits per heavy atom. The lowest BCUT2D eigenvalue weighted by molar-refractivity contribution is 0.628. The van der Waals surface area contributed by atoms with Crippen molar-refractivity contribution in [1.29, 1.82) is 0 Å². The molecule has 0 aliphatic rings. The molecule has 0 amide bonds. The van der Waals surface area contributed by atoms with Gasteiger partial charge in [-0.3, -0.25) is 0 Å². The van der Waals surface area contributed by atoms with Crippen LogP contribution in [-0.4, -0.2) is 15.2 Å². The summed E-state index contributed by atoms with van der Waals surface area (Å²) in [5, 5.41) is 19.4. The molecule has 25 heavy (non-hydrogen) atoms. The molecule has 9 heteroatoms. The summed E-state index contributed by atoms with van der Waals surface area (Å²) >= 11 is 6.41. The monoisotopic (exact) mass is 406 g/mol. The number of rotatable bonds is 6. The van der Waals surface area contributed by atoms with Crippen LogP contribution in [-0.2, 0) is 5.75 Å². The molecule has 0 radical (unpaired) electrons. The van der Waals surface area contributed by atoms with Gasteiger partial charge >= 0.3 is 0 Å². The summed E-state index contributed by atoms with van der Waals surface area (Å²) in [5.74, 6) is 0.496. The number of thioether (sulfide) groups is 1. The van der Waals surface area contributed by atoms with E-state index < -0.39 is 0 Å². The number of nitrogens with zero attached hydrogens (tertiary/aromatic N) is 3. The molecule has 0 atom stereocenters. The Labute approximate surface area is 159 Å². The lowest BCUT2D eigenvalue weighted by atomic mass is 10.3. The third kappa shape index (κ3) is 4.24. The third-order valence-corrected chi connectivity index (χ3v) is 6.79. The van der Waals surface area contributed by atoms with Crippen LogP contribution in [0.1, 0.15) is 5.69 Å². The van der Waals surface area contributed by atoms with Crippen molar-refractivity contribution in [3.8, 4) is 10.6 Å². The molecule has 0 fully saturated rings. The van der Waals surface area contributed by atoms with E-state index in [-0.39, 0.29) is 5.82 Å². The number of benzene rings is 1. The van der Waals surface area contributed by atoms with Crippen LogP contribution in [0.15, 0.2) is 50.8 Å². The van der Waals surface area contributed by atoms with E-state index in [9.17, 15) is 4.39 Å². The Morgan fingerprint density at radius 3 is 2.76 bits per heavy atom. The van der Waals surface area contributed by atoms with E-state index in [1.807, 2.05) is 0 Å². The molecular weight excluding hydrogens is 395 g/mol. The maximum Gasteiger partial charge on any atom is 0.210 e. The minimum atomic E-state index is -0.260. The lowest BCUT2D eigenvalue weighted by Gasteiger charge is -2.00. The first-order chi connectivity index (χ1) is 12.3. The van der Waals surface area contributed by atoms with Crippen LogP contribution in [0.25, 0.3) is 10.6 Å². The first-order valence-electron chi connectivity index (χ1n) is 7.22. The molecule has 4 aromatic rings. The van der Waals surface area contributed by atoms with E-state index in [1.54, 1.807) is 46.6 Å². The largest absolute Gasteiger partial charge is 0.330 e. The predicted molar refractivity (Wildman–Crippen MR) is 105 cm³/mol. The van der Waals surface area contributed by atoms with Crippen LogP contribution in [0.4, 0.5) is 15.2 Å². The number of hydrogen-bond acceptors (Lipinski definition) is 8. The quantitative estimate of drug-likeness (QED) is 0.404. The molecule has 3 aromatic heterocycles. The van der Waals surface area contributed by atoms with Crippen LogP contribution in [0, 0.1) is 5.82 Å². The van der Waals surface area contributed by atoms with Gasteiger partial charge in [0.05, 0.1) is 5.69 Å². The number of thiazole rings is 1. The highest BCUT2D eigenvalue weighted by atomic mass is 32.2. The van der Waals surface area contributed by atoms with Gasteiger partial charge in [-0.05, 0) is 35.7 Å². The molecule has 0 saturated heterocycles. The molecule has 0 saturated carbocycles. The van der Waals surface area contributed by atoms with E-state index in [2.05, 4.69) is 42.7 Å². The first kappa shape index (κ1) is 16.6. The van der Waals surface area contributed by atoms with Gasteiger partial charge in [0.2, 0.25) is 5.13 Å². The second-order valence-corrected chi connectivity index (χ2v) is 8.79. The molecule has 0 aliphatic carbocycles. The molecule has 4 rings (SSSR count). The Kier molecular flexibility index (Phi) is 5.07. The van der Waals surface area contributed by atoms with Gasteiger partial charge in [0, 0.05) is 27.8 Å². The Morgan fingerprint density at radius 2 is 1.96 bits per heavy atom. The van der Waals surface area contributed by atoms with Gasteiger partial charge in [-0.15, -0.1) is 21.5 Å². The van der Waals surface area contributed by atoms with Crippen LogP contribution in [0.5, 0.6) is 0 Å². The van der Waals surface area contributed by atoms with Crippen LogP contribution in [0.3, 0.4) is 0 Å². The molecule has 0 unspecified atom stereocenters. The van der Waals surface area contributed by atoms with Gasteiger partial charge in [0.15, 0.2) is 4.34 Å². The summed E-state index contributed by atoms with van der Waals surface area (Å²) in [6, 6.07) is 8.24. The molecule has 1 aromatic carbocycles. The van der Waals surface area contributed by atoms with E-state index in [0.717, 1.165) is 26.5 Å². The lowest BCUT2D eigenvalue weighted by Crippen LogP contribution is -1.89. The Hall–Kier alpha value is -1.81. The number of nitrogens with one attached hydrogen (secondary N) is 1. The highest BCUT2D eigenvalue weighted by Crippen LogP contribution is 2.32. The fourth-order valence-corrected chi connectivity index (χ4v) is 5.31. The van der Waals surface area contributed by atoms with Gasteiger partial charge in [-0.25, -0.2) is 9.37 Å². The molecule has 1 N–H and O–H groups in total. The second-order valence-electron chi connectivity index (χ2n) is 4.95. The number of halogens is 1. The molecule has 3 heterocycles. The van der Waals surface area contributed by atoms with Crippen molar-refractivity contribution in [2.75, 3.05) is 5.32 Å². The topological polar surface area (TPSA) is 50.7 Å². The number of anilines is 2. The summed E-state index contributed by atoms with van der Waals surface area (Å²) in [4.78, 5) is 4.66. The summed E-state index contributed by atoms with van der Waals surface area (Å²) in [6.07, 6.45) is 0. The highest BCUT2D eigenvalue weighted by molar-refractivity contribution is 8.00. The standard InChI is InChI=1S/C16H11FN4S4/c17-11-1-3-12(4-2-11)19-15-20-21-16(25-15)24-9-13-8-23-14(18-13)10-5-6-22-7-10/h1-8H,9H2,(H,19,20). The SMILES string of the molecule is Fc1ccc(Nc2nnc(SCc3csc(-c4ccsc4)n3)s2)cc1. The predicted octanol–water partition coefficient (Wildman–Crippen LogP) is 5.90. The first-order valence-corrected chi connectivity index (χ1v) is 10.8. The number of hydrogen-bond donors (Lipinski definition) is 1. The van der Waals surface area contributed by atoms with Crippen LogP contribution in [0.2, 0.25) is 0 Å². The van der Waals surface area contributed by atoms with Crippen LogP contribution >= 0.6 is 45.8 Å². The van der Waals surface area contributed by atoms with Gasteiger partial charge in [-0.2, -0.15) is 11.3 Å². The fraction of sp³-hybridized carbons (Fsp3) is 0.0625. The minimum Gasteiger partial charge on any atom is -0.330 e. The Bertz CT molecular complexity index is 947. The highest BCUT2D eigenvalue weighted by Gasteiger charge is 2.09. The molecule has 0 spiro atoms. The summed E-state index contributed by atoms with van der Waals surface area (Å²) < 4.78 is 13.8. The minimum absolute atomic E-state index is 0.260. The number of thiophene rings is 1. The van der Waals surface area contributed by atoms with Crippen molar-refractivity contribution < 1.29 is 4.39 Å². The van der Waals surface area contributed by atoms with Crippen LogP contribution < -0.4 is 5.32 Å². The van der Waals surface area contributed by atoms with Gasteiger partial charge < -0.3 is 5.32 Å². The average molecular weight is 407 g/mol. The molecule has 0 aliphatic heterocycles.